The zero-order valence-corrected chi connectivity index (χ0v) is 14.2. The van der Waals surface area contributed by atoms with Crippen LogP contribution in [0.25, 0.3) is 0 Å². The molecule has 2 aromatic rings. The summed E-state index contributed by atoms with van der Waals surface area (Å²) in [6, 6.07) is 11.6. The van der Waals surface area contributed by atoms with Crippen molar-refractivity contribution in [2.75, 3.05) is 11.9 Å². The van der Waals surface area contributed by atoms with E-state index in [1.54, 1.807) is 24.3 Å². The number of benzene rings is 2. The number of unbranched alkanes of at least 4 members (excludes halogenated alkanes) is 1. The van der Waals surface area contributed by atoms with Crippen LogP contribution < -0.4 is 10.1 Å². The third-order valence-electron chi connectivity index (χ3n) is 3.45. The van der Waals surface area contributed by atoms with Gasteiger partial charge in [0.2, 0.25) is 0 Å². The van der Waals surface area contributed by atoms with Crippen molar-refractivity contribution < 1.29 is 27.8 Å². The summed E-state index contributed by atoms with van der Waals surface area (Å²) in [5.74, 6) is -0.847. The largest absolute Gasteiger partial charge is 0.462 e. The lowest BCUT2D eigenvalue weighted by Crippen LogP contribution is -2.12. The maximum Gasteiger partial charge on any atom is 0.387 e. The van der Waals surface area contributed by atoms with Crippen molar-refractivity contribution in [3.8, 4) is 5.75 Å². The number of ether oxygens (including phenoxy) is 2. The van der Waals surface area contributed by atoms with Gasteiger partial charge in [0.15, 0.2) is 0 Å². The summed E-state index contributed by atoms with van der Waals surface area (Å²) in [5, 5.41) is 2.66. The average molecular weight is 363 g/mol. The molecule has 0 saturated carbocycles. The summed E-state index contributed by atoms with van der Waals surface area (Å²) >= 11 is 0. The van der Waals surface area contributed by atoms with Crippen LogP contribution in [0.2, 0.25) is 0 Å². The molecule has 138 valence electrons. The van der Waals surface area contributed by atoms with E-state index < -0.39 is 18.5 Å². The molecule has 1 amide bonds. The van der Waals surface area contributed by atoms with Gasteiger partial charge in [-0.15, -0.1) is 0 Å². The molecular formula is C19H19F2NO4. The fraction of sp³-hybridized carbons (Fsp3) is 0.263. The van der Waals surface area contributed by atoms with Crippen molar-refractivity contribution in [2.24, 2.45) is 0 Å². The highest BCUT2D eigenvalue weighted by Gasteiger charge is 2.10. The smallest absolute Gasteiger partial charge is 0.387 e. The number of halogens is 2. The lowest BCUT2D eigenvalue weighted by Gasteiger charge is -2.08. The molecule has 0 aliphatic rings. The van der Waals surface area contributed by atoms with Crippen LogP contribution >= 0.6 is 0 Å². The summed E-state index contributed by atoms with van der Waals surface area (Å²) in [7, 11) is 0. The van der Waals surface area contributed by atoms with Crippen molar-refractivity contribution in [3.63, 3.8) is 0 Å². The summed E-state index contributed by atoms with van der Waals surface area (Å²) < 4.78 is 33.6. The van der Waals surface area contributed by atoms with E-state index in [1.807, 2.05) is 6.92 Å². The molecule has 1 N–H and O–H groups in total. The summed E-state index contributed by atoms with van der Waals surface area (Å²) in [6.45, 7) is -0.536. The third-order valence-corrected chi connectivity index (χ3v) is 3.45. The Morgan fingerprint density at radius 1 is 1.00 bits per heavy atom. The van der Waals surface area contributed by atoms with Gasteiger partial charge in [0.05, 0.1) is 12.2 Å². The Morgan fingerprint density at radius 2 is 1.62 bits per heavy atom. The number of carbonyl (C=O) groups excluding carboxylic acids is 2. The number of hydrogen-bond donors (Lipinski definition) is 1. The van der Waals surface area contributed by atoms with Gasteiger partial charge in [0, 0.05) is 11.3 Å². The van der Waals surface area contributed by atoms with Gasteiger partial charge in [0.1, 0.15) is 5.75 Å². The molecule has 0 aliphatic carbocycles. The minimum absolute atomic E-state index is 0.0255. The van der Waals surface area contributed by atoms with Crippen LogP contribution in [0, 0.1) is 0 Å². The molecule has 0 saturated heterocycles. The van der Waals surface area contributed by atoms with Crippen LogP contribution in [0.15, 0.2) is 48.5 Å². The monoisotopic (exact) mass is 363 g/mol. The van der Waals surface area contributed by atoms with E-state index in [-0.39, 0.29) is 11.3 Å². The van der Waals surface area contributed by atoms with Gasteiger partial charge in [-0.2, -0.15) is 8.78 Å². The molecule has 0 bridgehead atoms. The Labute approximate surface area is 149 Å². The van der Waals surface area contributed by atoms with Crippen LogP contribution in [0.4, 0.5) is 14.5 Å². The molecule has 7 heteroatoms. The molecule has 0 radical (unpaired) electrons. The highest BCUT2D eigenvalue weighted by atomic mass is 19.3. The molecule has 0 aliphatic heterocycles. The Morgan fingerprint density at radius 3 is 2.19 bits per heavy atom. The molecule has 0 fully saturated rings. The van der Waals surface area contributed by atoms with E-state index in [4.69, 9.17) is 4.74 Å². The molecule has 0 atom stereocenters. The third kappa shape index (κ3) is 5.84. The number of alkyl halides is 2. The summed E-state index contributed by atoms with van der Waals surface area (Å²) in [4.78, 5) is 24.0. The molecule has 26 heavy (non-hydrogen) atoms. The number of hydrogen-bond acceptors (Lipinski definition) is 4. The minimum atomic E-state index is -2.91. The summed E-state index contributed by atoms with van der Waals surface area (Å²) in [6.07, 6.45) is 1.74. The first-order valence-electron chi connectivity index (χ1n) is 8.13. The van der Waals surface area contributed by atoms with E-state index in [9.17, 15) is 18.4 Å². The van der Waals surface area contributed by atoms with E-state index in [0.29, 0.717) is 17.9 Å². The molecule has 5 nitrogen and oxygen atoms in total. The van der Waals surface area contributed by atoms with E-state index >= 15 is 0 Å². The Balaban J connectivity index is 1.93. The normalized spacial score (nSPS) is 10.5. The van der Waals surface area contributed by atoms with Gasteiger partial charge in [-0.1, -0.05) is 13.3 Å². The second kappa shape index (κ2) is 9.50. The first-order valence-corrected chi connectivity index (χ1v) is 8.13. The number of esters is 1. The molecule has 2 aromatic carbocycles. The van der Waals surface area contributed by atoms with Crippen LogP contribution in [0.1, 0.15) is 40.5 Å². The topological polar surface area (TPSA) is 64.6 Å². The maximum atomic E-state index is 12.1. The van der Waals surface area contributed by atoms with Gasteiger partial charge in [-0.25, -0.2) is 4.79 Å². The van der Waals surface area contributed by atoms with E-state index in [2.05, 4.69) is 10.1 Å². The molecular weight excluding hydrogens is 344 g/mol. The van der Waals surface area contributed by atoms with Gasteiger partial charge in [0.25, 0.3) is 5.91 Å². The van der Waals surface area contributed by atoms with Crippen LogP contribution in [-0.2, 0) is 4.74 Å². The molecule has 0 unspecified atom stereocenters. The second-order valence-corrected chi connectivity index (χ2v) is 5.42. The van der Waals surface area contributed by atoms with Crippen molar-refractivity contribution in [1.82, 2.24) is 0 Å². The van der Waals surface area contributed by atoms with Crippen molar-refractivity contribution in [1.29, 1.82) is 0 Å². The Kier molecular flexibility index (Phi) is 7.08. The molecule has 2 rings (SSSR count). The minimum Gasteiger partial charge on any atom is -0.462 e. The Bertz CT molecular complexity index is 730. The van der Waals surface area contributed by atoms with E-state index in [0.717, 1.165) is 12.8 Å². The second-order valence-electron chi connectivity index (χ2n) is 5.42. The fourth-order valence-electron chi connectivity index (χ4n) is 2.07. The fourth-order valence-corrected chi connectivity index (χ4v) is 2.07. The summed E-state index contributed by atoms with van der Waals surface area (Å²) in [5.41, 5.74) is 1.18. The van der Waals surface area contributed by atoms with Crippen molar-refractivity contribution >= 4 is 17.6 Å². The number of rotatable bonds is 8. The van der Waals surface area contributed by atoms with Gasteiger partial charge in [-0.05, 0) is 55.0 Å². The number of amides is 1. The van der Waals surface area contributed by atoms with Crippen molar-refractivity contribution in [3.05, 3.63) is 59.7 Å². The van der Waals surface area contributed by atoms with Gasteiger partial charge < -0.3 is 14.8 Å². The molecule has 0 aromatic heterocycles. The highest BCUT2D eigenvalue weighted by Crippen LogP contribution is 2.17. The Hall–Kier alpha value is -2.96. The number of anilines is 1. The average Bonchev–Trinajstić information content (AvgIpc) is 2.62. The first-order chi connectivity index (χ1) is 12.5. The molecule has 0 heterocycles. The van der Waals surface area contributed by atoms with Crippen molar-refractivity contribution in [2.45, 2.75) is 26.4 Å². The number of nitrogens with one attached hydrogen (secondary N) is 1. The zero-order valence-electron chi connectivity index (χ0n) is 14.2. The standard InChI is InChI=1S/C19H19F2NO4/c1-2-3-12-25-18(24)14-4-8-15(9-5-14)22-17(23)13-6-10-16(11-7-13)26-19(20)21/h4-11,19H,2-3,12H2,1H3,(H,22,23). The predicted octanol–water partition coefficient (Wildman–Crippen LogP) is 4.50. The lowest BCUT2D eigenvalue weighted by molar-refractivity contribution is -0.0498. The number of carbonyl (C=O) groups is 2. The van der Waals surface area contributed by atoms with E-state index in [1.165, 1.54) is 24.3 Å². The lowest BCUT2D eigenvalue weighted by atomic mass is 10.1. The van der Waals surface area contributed by atoms with Gasteiger partial charge >= 0.3 is 12.6 Å². The highest BCUT2D eigenvalue weighted by molar-refractivity contribution is 6.04. The van der Waals surface area contributed by atoms with Gasteiger partial charge in [-0.3, -0.25) is 4.79 Å². The van der Waals surface area contributed by atoms with Crippen LogP contribution in [0.3, 0.4) is 0 Å². The first kappa shape index (κ1) is 19.4. The van der Waals surface area contributed by atoms with Crippen LogP contribution in [-0.4, -0.2) is 25.1 Å². The SMILES string of the molecule is CCCCOC(=O)c1ccc(NC(=O)c2ccc(OC(F)F)cc2)cc1. The predicted molar refractivity (Wildman–Crippen MR) is 92.7 cm³/mol. The van der Waals surface area contributed by atoms with Crippen LogP contribution in [0.5, 0.6) is 5.75 Å². The zero-order chi connectivity index (χ0) is 18.9. The molecule has 0 spiro atoms. The maximum absolute atomic E-state index is 12.1. The quantitative estimate of drug-likeness (QED) is 0.554.